The lowest BCUT2D eigenvalue weighted by atomic mass is 10.3. The Morgan fingerprint density at radius 2 is 1.79 bits per heavy atom. The van der Waals surface area contributed by atoms with Crippen LogP contribution in [0, 0.1) is 0 Å². The first-order valence-corrected chi connectivity index (χ1v) is 8.88. The number of alkyl halides is 3. The van der Waals surface area contributed by atoms with Crippen LogP contribution in [-0.2, 0) is 0 Å². The summed E-state index contributed by atoms with van der Waals surface area (Å²) in [6.45, 7) is 3.51. The number of nitrogens with zero attached hydrogens (tertiary/aromatic N) is 2. The van der Waals surface area contributed by atoms with Crippen molar-refractivity contribution in [3.05, 3.63) is 24.3 Å². The van der Waals surface area contributed by atoms with E-state index in [4.69, 9.17) is 9.47 Å². The largest absolute Gasteiger partial charge is 0.497 e. The second-order valence-corrected chi connectivity index (χ2v) is 5.92. The number of nitrogens with one attached hydrogen (secondary N) is 2. The van der Waals surface area contributed by atoms with E-state index in [9.17, 15) is 13.2 Å². The summed E-state index contributed by atoms with van der Waals surface area (Å²) in [6.07, 6.45) is -3.62. The molecule has 162 valence electrons. The number of rotatable bonds is 11. The van der Waals surface area contributed by atoms with Gasteiger partial charge >= 0.3 is 6.18 Å². The van der Waals surface area contributed by atoms with E-state index in [1.54, 1.807) is 7.11 Å². The summed E-state index contributed by atoms with van der Waals surface area (Å²) in [5.74, 6) is 2.13. The summed E-state index contributed by atoms with van der Waals surface area (Å²) in [6, 6.07) is 7.30. The number of ether oxygens (including phenoxy) is 2. The third kappa shape index (κ3) is 12.9. The number of halogens is 4. The zero-order chi connectivity index (χ0) is 20.1. The summed E-state index contributed by atoms with van der Waals surface area (Å²) < 4.78 is 47.5. The van der Waals surface area contributed by atoms with E-state index in [-0.39, 0.29) is 24.0 Å². The van der Waals surface area contributed by atoms with E-state index in [1.165, 1.54) is 11.9 Å². The molecule has 0 heterocycles. The summed E-state index contributed by atoms with van der Waals surface area (Å²) >= 11 is 0. The molecule has 0 amide bonds. The monoisotopic (exact) mass is 518 g/mol. The molecular formula is C18H30F3IN4O2. The van der Waals surface area contributed by atoms with E-state index >= 15 is 0 Å². The van der Waals surface area contributed by atoms with Crippen molar-refractivity contribution in [2.24, 2.45) is 4.99 Å². The molecule has 0 unspecified atom stereocenters. The molecular weight excluding hydrogens is 488 g/mol. The molecule has 1 rings (SSSR count). The van der Waals surface area contributed by atoms with Gasteiger partial charge in [0, 0.05) is 13.1 Å². The van der Waals surface area contributed by atoms with Gasteiger partial charge in [-0.05, 0) is 51.2 Å². The lowest BCUT2D eigenvalue weighted by molar-refractivity contribution is -0.143. The molecule has 1 aromatic carbocycles. The SMILES string of the molecule is CCNC(=NCCCN(C)CC(F)(F)F)NCCOc1ccc(OC)cc1.I. The molecule has 28 heavy (non-hydrogen) atoms. The maximum absolute atomic E-state index is 12.3. The van der Waals surface area contributed by atoms with Gasteiger partial charge in [0.05, 0.1) is 20.2 Å². The zero-order valence-electron chi connectivity index (χ0n) is 16.5. The Balaban J connectivity index is 0.00000729. The van der Waals surface area contributed by atoms with Crippen LogP contribution in [-0.4, -0.2) is 70.5 Å². The predicted octanol–water partition coefficient (Wildman–Crippen LogP) is 3.13. The lowest BCUT2D eigenvalue weighted by Crippen LogP contribution is -2.39. The molecule has 0 saturated carbocycles. The molecule has 0 aliphatic carbocycles. The number of aliphatic imine (C=N–C) groups is 1. The van der Waals surface area contributed by atoms with Gasteiger partial charge in [0.1, 0.15) is 18.1 Å². The van der Waals surface area contributed by atoms with Gasteiger partial charge in [-0.2, -0.15) is 13.2 Å². The van der Waals surface area contributed by atoms with E-state index in [0.29, 0.717) is 45.2 Å². The molecule has 0 aliphatic rings. The fourth-order valence-electron chi connectivity index (χ4n) is 2.27. The molecule has 0 bridgehead atoms. The number of methoxy groups -OCH3 is 1. The molecule has 0 aliphatic heterocycles. The van der Waals surface area contributed by atoms with E-state index in [1.807, 2.05) is 31.2 Å². The highest BCUT2D eigenvalue weighted by Crippen LogP contribution is 2.17. The van der Waals surface area contributed by atoms with Crippen molar-refractivity contribution < 1.29 is 22.6 Å². The molecule has 0 spiro atoms. The van der Waals surface area contributed by atoms with Gasteiger partial charge in [-0.15, -0.1) is 24.0 Å². The predicted molar refractivity (Wildman–Crippen MR) is 116 cm³/mol. The zero-order valence-corrected chi connectivity index (χ0v) is 18.8. The van der Waals surface area contributed by atoms with Crippen molar-refractivity contribution in [2.75, 3.05) is 53.5 Å². The molecule has 6 nitrogen and oxygen atoms in total. The number of hydrogen-bond donors (Lipinski definition) is 2. The highest BCUT2D eigenvalue weighted by Gasteiger charge is 2.28. The molecule has 0 aromatic heterocycles. The van der Waals surface area contributed by atoms with Crippen LogP contribution in [0.1, 0.15) is 13.3 Å². The topological polar surface area (TPSA) is 58.1 Å². The van der Waals surface area contributed by atoms with Crippen LogP contribution < -0.4 is 20.1 Å². The summed E-state index contributed by atoms with van der Waals surface area (Å²) in [4.78, 5) is 5.61. The normalized spacial score (nSPS) is 11.8. The molecule has 10 heteroatoms. The summed E-state index contributed by atoms with van der Waals surface area (Å²) in [5.41, 5.74) is 0. The number of hydrogen-bond acceptors (Lipinski definition) is 4. The fourth-order valence-corrected chi connectivity index (χ4v) is 2.27. The van der Waals surface area contributed by atoms with Crippen LogP contribution in [0.2, 0.25) is 0 Å². The first kappa shape index (κ1) is 26.6. The average Bonchev–Trinajstić information content (AvgIpc) is 2.61. The van der Waals surface area contributed by atoms with Gasteiger partial charge in [0.2, 0.25) is 0 Å². The van der Waals surface area contributed by atoms with Crippen molar-refractivity contribution in [1.29, 1.82) is 0 Å². The van der Waals surface area contributed by atoms with Crippen LogP contribution in [0.15, 0.2) is 29.3 Å². The first-order chi connectivity index (χ1) is 12.8. The van der Waals surface area contributed by atoms with Crippen LogP contribution in [0.3, 0.4) is 0 Å². The fraction of sp³-hybridized carbons (Fsp3) is 0.611. The van der Waals surface area contributed by atoms with Crippen LogP contribution in [0.4, 0.5) is 13.2 Å². The third-order valence-corrected chi connectivity index (χ3v) is 3.48. The molecule has 1 aromatic rings. The second kappa shape index (κ2) is 14.6. The quantitative estimate of drug-likeness (QED) is 0.204. The van der Waals surface area contributed by atoms with Crippen molar-refractivity contribution >= 4 is 29.9 Å². The second-order valence-electron chi connectivity index (χ2n) is 5.92. The van der Waals surface area contributed by atoms with Crippen molar-refractivity contribution in [3.8, 4) is 11.5 Å². The van der Waals surface area contributed by atoms with E-state index in [2.05, 4.69) is 15.6 Å². The van der Waals surface area contributed by atoms with Crippen LogP contribution in [0.25, 0.3) is 0 Å². The Bertz CT molecular complexity index is 557. The molecule has 2 N–H and O–H groups in total. The summed E-state index contributed by atoms with van der Waals surface area (Å²) in [5, 5.41) is 6.23. The minimum absolute atomic E-state index is 0. The highest BCUT2D eigenvalue weighted by atomic mass is 127. The Labute approximate surface area is 181 Å². The van der Waals surface area contributed by atoms with E-state index < -0.39 is 12.7 Å². The molecule has 0 atom stereocenters. The van der Waals surface area contributed by atoms with Crippen molar-refractivity contribution in [2.45, 2.75) is 19.5 Å². The average molecular weight is 518 g/mol. The van der Waals surface area contributed by atoms with Gasteiger partial charge < -0.3 is 20.1 Å². The molecule has 0 fully saturated rings. The minimum atomic E-state index is -4.17. The van der Waals surface area contributed by atoms with Crippen LogP contribution >= 0.6 is 24.0 Å². The lowest BCUT2D eigenvalue weighted by Gasteiger charge is -2.18. The molecule has 0 saturated heterocycles. The number of guanidine groups is 1. The Kier molecular flexibility index (Phi) is 13.8. The maximum Gasteiger partial charge on any atom is 0.401 e. The third-order valence-electron chi connectivity index (χ3n) is 3.48. The van der Waals surface area contributed by atoms with Gasteiger partial charge in [-0.1, -0.05) is 0 Å². The Morgan fingerprint density at radius 3 is 2.36 bits per heavy atom. The Morgan fingerprint density at radius 1 is 1.14 bits per heavy atom. The maximum atomic E-state index is 12.3. The van der Waals surface area contributed by atoms with Crippen molar-refractivity contribution in [3.63, 3.8) is 0 Å². The van der Waals surface area contributed by atoms with Crippen LogP contribution in [0.5, 0.6) is 11.5 Å². The minimum Gasteiger partial charge on any atom is -0.497 e. The van der Waals surface area contributed by atoms with Crippen molar-refractivity contribution in [1.82, 2.24) is 15.5 Å². The van der Waals surface area contributed by atoms with Gasteiger partial charge in [0.15, 0.2) is 5.96 Å². The Hall–Kier alpha value is -1.43. The van der Waals surface area contributed by atoms with Gasteiger partial charge in [0.25, 0.3) is 0 Å². The van der Waals surface area contributed by atoms with E-state index in [0.717, 1.165) is 11.5 Å². The highest BCUT2D eigenvalue weighted by molar-refractivity contribution is 14.0. The summed E-state index contributed by atoms with van der Waals surface area (Å²) in [7, 11) is 3.06. The first-order valence-electron chi connectivity index (χ1n) is 8.88. The van der Waals surface area contributed by atoms with Gasteiger partial charge in [-0.3, -0.25) is 9.89 Å². The van der Waals surface area contributed by atoms with Gasteiger partial charge in [-0.25, -0.2) is 0 Å². The standard InChI is InChI=1S/C18H29F3N4O2.HI/c1-4-22-17(23-10-5-12-25(2)14-18(19,20)21)24-11-13-27-16-8-6-15(26-3)7-9-16;/h6-9H,4-5,10-14H2,1-3H3,(H2,22,23,24);1H. The molecule has 0 radical (unpaired) electrons. The number of benzene rings is 1. The smallest absolute Gasteiger partial charge is 0.401 e.